The number of hydrogen-bond acceptors (Lipinski definition) is 4. The second kappa shape index (κ2) is 7.53. The van der Waals surface area contributed by atoms with Crippen molar-refractivity contribution in [1.29, 1.82) is 0 Å². The summed E-state index contributed by atoms with van der Waals surface area (Å²) < 4.78 is 5.91. The normalized spacial score (nSPS) is 15.6. The number of likely N-dealkylation sites (tertiary alicyclic amines) is 1. The number of aromatic nitrogens is 2. The lowest BCUT2D eigenvalue weighted by molar-refractivity contribution is -0.000476. The number of hydrogen-bond donors (Lipinski definition) is 0. The van der Waals surface area contributed by atoms with E-state index >= 15 is 0 Å². The average molecular weight is 332 g/mol. The largest absolute Gasteiger partial charge is 0.373 e. The van der Waals surface area contributed by atoms with Crippen LogP contribution in [0.2, 0.25) is 5.02 Å². The Balaban J connectivity index is 1.49. The highest BCUT2D eigenvalue weighted by atomic mass is 35.5. The van der Waals surface area contributed by atoms with E-state index in [2.05, 4.69) is 9.97 Å². The van der Waals surface area contributed by atoms with Gasteiger partial charge in [0.1, 0.15) is 0 Å². The predicted octanol–water partition coefficient (Wildman–Crippen LogP) is 2.95. The summed E-state index contributed by atoms with van der Waals surface area (Å²) in [6, 6.07) is 5.55. The van der Waals surface area contributed by atoms with Crippen molar-refractivity contribution < 1.29 is 9.53 Å². The minimum atomic E-state index is -0.0225. The molecule has 0 atom stereocenters. The summed E-state index contributed by atoms with van der Waals surface area (Å²) in [6.45, 7) is 1.93. The molecule has 0 radical (unpaired) electrons. The van der Waals surface area contributed by atoms with Crippen LogP contribution in [-0.4, -0.2) is 40.0 Å². The van der Waals surface area contributed by atoms with Crippen molar-refractivity contribution in [3.63, 3.8) is 0 Å². The standard InChI is InChI=1S/C17H18ClN3O2/c18-15-8-14(10-20-11-15)17(22)21-6-3-16(4-7-21)23-12-13-2-1-5-19-9-13/h1-2,5,8-11,16H,3-4,6-7,12H2. The van der Waals surface area contributed by atoms with Gasteiger partial charge in [-0.15, -0.1) is 0 Å². The fourth-order valence-corrected chi connectivity index (χ4v) is 2.81. The van der Waals surface area contributed by atoms with Gasteiger partial charge in [0, 0.05) is 37.9 Å². The van der Waals surface area contributed by atoms with E-state index in [1.807, 2.05) is 23.2 Å². The van der Waals surface area contributed by atoms with Crippen LogP contribution in [0.15, 0.2) is 43.0 Å². The van der Waals surface area contributed by atoms with E-state index in [-0.39, 0.29) is 12.0 Å². The molecule has 2 aromatic rings. The van der Waals surface area contributed by atoms with E-state index in [1.165, 1.54) is 6.20 Å². The predicted molar refractivity (Wildman–Crippen MR) is 87.2 cm³/mol. The molecule has 0 aliphatic carbocycles. The molecule has 5 nitrogen and oxygen atoms in total. The van der Waals surface area contributed by atoms with Gasteiger partial charge in [0.05, 0.1) is 23.3 Å². The highest BCUT2D eigenvalue weighted by Gasteiger charge is 2.24. The molecule has 0 spiro atoms. The molecule has 1 aliphatic heterocycles. The second-order valence-electron chi connectivity index (χ2n) is 5.56. The molecular weight excluding hydrogens is 314 g/mol. The van der Waals surface area contributed by atoms with Crippen molar-refractivity contribution >= 4 is 17.5 Å². The Morgan fingerprint density at radius 3 is 2.78 bits per heavy atom. The smallest absolute Gasteiger partial charge is 0.255 e. The van der Waals surface area contributed by atoms with Crippen molar-refractivity contribution in [2.24, 2.45) is 0 Å². The van der Waals surface area contributed by atoms with Crippen molar-refractivity contribution in [3.8, 4) is 0 Å². The molecule has 0 unspecified atom stereocenters. The highest BCUT2D eigenvalue weighted by molar-refractivity contribution is 6.30. The highest BCUT2D eigenvalue weighted by Crippen LogP contribution is 2.18. The molecule has 6 heteroatoms. The van der Waals surface area contributed by atoms with Gasteiger partial charge in [0.25, 0.3) is 5.91 Å². The molecule has 1 saturated heterocycles. The van der Waals surface area contributed by atoms with Gasteiger partial charge in [-0.25, -0.2) is 0 Å². The number of piperidine rings is 1. The fraction of sp³-hybridized carbons (Fsp3) is 0.353. The lowest BCUT2D eigenvalue weighted by Crippen LogP contribution is -2.40. The van der Waals surface area contributed by atoms with E-state index < -0.39 is 0 Å². The van der Waals surface area contributed by atoms with Gasteiger partial charge in [-0.3, -0.25) is 14.8 Å². The second-order valence-corrected chi connectivity index (χ2v) is 5.99. The first-order valence-electron chi connectivity index (χ1n) is 7.63. The first kappa shape index (κ1) is 15.9. The van der Waals surface area contributed by atoms with Gasteiger partial charge in [-0.05, 0) is 30.5 Å². The van der Waals surface area contributed by atoms with Crippen molar-refractivity contribution in [2.75, 3.05) is 13.1 Å². The Hall–Kier alpha value is -1.98. The topological polar surface area (TPSA) is 55.3 Å². The minimum absolute atomic E-state index is 0.0225. The number of pyridine rings is 2. The number of nitrogens with zero attached hydrogens (tertiary/aromatic N) is 3. The van der Waals surface area contributed by atoms with Crippen LogP contribution < -0.4 is 0 Å². The fourth-order valence-electron chi connectivity index (χ4n) is 2.63. The molecule has 1 amide bonds. The minimum Gasteiger partial charge on any atom is -0.373 e. The summed E-state index contributed by atoms with van der Waals surface area (Å²) in [4.78, 5) is 22.3. The van der Waals surface area contributed by atoms with Crippen LogP contribution >= 0.6 is 11.6 Å². The molecule has 120 valence electrons. The van der Waals surface area contributed by atoms with Gasteiger partial charge >= 0.3 is 0 Å². The Morgan fingerprint density at radius 1 is 1.26 bits per heavy atom. The van der Waals surface area contributed by atoms with Gasteiger partial charge in [-0.1, -0.05) is 17.7 Å². The van der Waals surface area contributed by atoms with Gasteiger partial charge in [0.15, 0.2) is 0 Å². The molecule has 0 N–H and O–H groups in total. The van der Waals surface area contributed by atoms with Gasteiger partial charge in [0.2, 0.25) is 0 Å². The summed E-state index contributed by atoms with van der Waals surface area (Å²) in [7, 11) is 0. The van der Waals surface area contributed by atoms with Crippen LogP contribution in [0.3, 0.4) is 0 Å². The zero-order chi connectivity index (χ0) is 16.1. The third kappa shape index (κ3) is 4.27. The third-order valence-electron chi connectivity index (χ3n) is 3.89. The van der Waals surface area contributed by atoms with Crippen LogP contribution in [0.4, 0.5) is 0 Å². The molecule has 0 aromatic carbocycles. The van der Waals surface area contributed by atoms with Crippen molar-refractivity contribution in [1.82, 2.24) is 14.9 Å². The molecule has 23 heavy (non-hydrogen) atoms. The summed E-state index contributed by atoms with van der Waals surface area (Å²) >= 11 is 5.89. The van der Waals surface area contributed by atoms with Gasteiger partial charge < -0.3 is 9.64 Å². The van der Waals surface area contributed by atoms with Crippen molar-refractivity contribution in [2.45, 2.75) is 25.6 Å². The van der Waals surface area contributed by atoms with Crippen LogP contribution in [0.1, 0.15) is 28.8 Å². The molecule has 1 aliphatic rings. The number of halogens is 1. The number of ether oxygens (including phenoxy) is 1. The number of rotatable bonds is 4. The number of carbonyl (C=O) groups is 1. The SMILES string of the molecule is O=C(c1cncc(Cl)c1)N1CCC(OCc2cccnc2)CC1. The first-order chi connectivity index (χ1) is 11.2. The van der Waals surface area contributed by atoms with Gasteiger partial charge in [-0.2, -0.15) is 0 Å². The molecule has 3 rings (SSSR count). The first-order valence-corrected chi connectivity index (χ1v) is 8.00. The monoisotopic (exact) mass is 331 g/mol. The maximum absolute atomic E-state index is 12.4. The van der Waals surface area contributed by atoms with E-state index in [1.54, 1.807) is 18.5 Å². The summed E-state index contributed by atoms with van der Waals surface area (Å²) in [5.41, 5.74) is 1.60. The Labute approximate surface area is 140 Å². The Kier molecular flexibility index (Phi) is 5.20. The molecule has 3 heterocycles. The van der Waals surface area contributed by atoms with Crippen LogP contribution in [0.25, 0.3) is 0 Å². The average Bonchev–Trinajstić information content (AvgIpc) is 2.61. The van der Waals surface area contributed by atoms with Crippen LogP contribution in [-0.2, 0) is 11.3 Å². The van der Waals surface area contributed by atoms with Crippen molar-refractivity contribution in [3.05, 3.63) is 59.1 Å². The third-order valence-corrected chi connectivity index (χ3v) is 4.10. The lowest BCUT2D eigenvalue weighted by Gasteiger charge is -2.32. The van der Waals surface area contributed by atoms with E-state index in [9.17, 15) is 4.79 Å². The molecule has 0 bridgehead atoms. The molecule has 2 aromatic heterocycles. The zero-order valence-electron chi connectivity index (χ0n) is 12.7. The summed E-state index contributed by atoms with van der Waals surface area (Å²) in [6.07, 6.45) is 8.48. The summed E-state index contributed by atoms with van der Waals surface area (Å²) in [5, 5.41) is 0.477. The van der Waals surface area contributed by atoms with E-state index in [0.29, 0.717) is 30.3 Å². The Morgan fingerprint density at radius 2 is 2.09 bits per heavy atom. The number of amides is 1. The van der Waals surface area contributed by atoms with Crippen LogP contribution in [0.5, 0.6) is 0 Å². The molecular formula is C17H18ClN3O2. The lowest BCUT2D eigenvalue weighted by atomic mass is 10.1. The zero-order valence-corrected chi connectivity index (χ0v) is 13.4. The summed E-state index contributed by atoms with van der Waals surface area (Å²) in [5.74, 6) is -0.0225. The molecule has 1 fully saturated rings. The number of carbonyl (C=O) groups excluding carboxylic acids is 1. The van der Waals surface area contributed by atoms with E-state index in [0.717, 1.165) is 18.4 Å². The van der Waals surface area contributed by atoms with Crippen LogP contribution in [0, 0.1) is 0 Å². The van der Waals surface area contributed by atoms with E-state index in [4.69, 9.17) is 16.3 Å². The Bertz CT molecular complexity index is 658. The maximum atomic E-state index is 12.4. The quantitative estimate of drug-likeness (QED) is 0.864. The maximum Gasteiger partial charge on any atom is 0.255 e. The molecule has 0 saturated carbocycles.